The highest BCUT2D eigenvalue weighted by molar-refractivity contribution is 14.0. The number of methoxy groups -OCH3 is 3. The molecule has 0 unspecified atom stereocenters. The topological polar surface area (TPSA) is 73.3 Å². The third-order valence-corrected chi connectivity index (χ3v) is 5.91. The molecular weight excluding hydrogens is 521 g/mol. The summed E-state index contributed by atoms with van der Waals surface area (Å²) in [6.07, 6.45) is 1.91. The molecule has 0 radical (unpaired) electrons. The number of ether oxygens (including phenoxy) is 4. The first-order valence-electron chi connectivity index (χ1n) is 10.5. The van der Waals surface area contributed by atoms with Crippen LogP contribution in [0.3, 0.4) is 0 Å². The largest absolute Gasteiger partial charge is 0.497 e. The van der Waals surface area contributed by atoms with Crippen molar-refractivity contribution in [2.75, 3.05) is 48.1 Å². The predicted octanol–water partition coefficient (Wildman–Crippen LogP) is 3.74. The molecule has 1 aliphatic heterocycles. The molecule has 3 rings (SSSR count). The molecule has 0 amide bonds. The summed E-state index contributed by atoms with van der Waals surface area (Å²) < 4.78 is 21.8. The Morgan fingerprint density at radius 1 is 0.938 bits per heavy atom. The normalized spacial score (nSPS) is 15.3. The van der Waals surface area contributed by atoms with Crippen LogP contribution in [-0.2, 0) is 16.7 Å². The summed E-state index contributed by atoms with van der Waals surface area (Å²) in [5.74, 6) is 3.16. The molecule has 0 bridgehead atoms. The maximum absolute atomic E-state index is 5.65. The number of nitrogens with zero attached hydrogens (tertiary/aromatic N) is 1. The summed E-state index contributed by atoms with van der Waals surface area (Å²) in [5.41, 5.74) is 2.30. The van der Waals surface area contributed by atoms with Crippen LogP contribution in [0.2, 0.25) is 0 Å². The Bertz CT molecular complexity index is 868. The second-order valence-corrected chi connectivity index (χ2v) is 7.58. The Morgan fingerprint density at radius 3 is 2.19 bits per heavy atom. The van der Waals surface area contributed by atoms with Crippen molar-refractivity contribution in [2.45, 2.75) is 24.8 Å². The van der Waals surface area contributed by atoms with Crippen LogP contribution < -0.4 is 24.8 Å². The van der Waals surface area contributed by atoms with Crippen molar-refractivity contribution in [3.63, 3.8) is 0 Å². The fourth-order valence-corrected chi connectivity index (χ4v) is 3.92. The van der Waals surface area contributed by atoms with Gasteiger partial charge in [-0.2, -0.15) is 0 Å². The molecule has 8 heteroatoms. The average Bonchev–Trinajstić information content (AvgIpc) is 2.84. The molecule has 0 aromatic heterocycles. The second kappa shape index (κ2) is 12.7. The molecule has 32 heavy (non-hydrogen) atoms. The van der Waals surface area contributed by atoms with Crippen LogP contribution in [0.25, 0.3) is 0 Å². The number of halogens is 1. The van der Waals surface area contributed by atoms with Gasteiger partial charge in [0, 0.05) is 50.4 Å². The van der Waals surface area contributed by atoms with E-state index in [0.29, 0.717) is 6.54 Å². The molecular formula is C24H34IN3O4. The van der Waals surface area contributed by atoms with E-state index in [1.54, 1.807) is 28.4 Å². The lowest BCUT2D eigenvalue weighted by molar-refractivity contribution is 0.0513. The van der Waals surface area contributed by atoms with Crippen LogP contribution in [0.1, 0.15) is 24.0 Å². The van der Waals surface area contributed by atoms with Crippen LogP contribution in [0.15, 0.2) is 47.5 Å². The maximum Gasteiger partial charge on any atom is 0.191 e. The van der Waals surface area contributed by atoms with E-state index >= 15 is 0 Å². The second-order valence-electron chi connectivity index (χ2n) is 7.58. The van der Waals surface area contributed by atoms with Gasteiger partial charge in [0.15, 0.2) is 5.96 Å². The Labute approximate surface area is 207 Å². The summed E-state index contributed by atoms with van der Waals surface area (Å²) in [6.45, 7) is 2.86. The molecule has 7 nitrogen and oxygen atoms in total. The number of nitrogens with one attached hydrogen (secondary N) is 2. The summed E-state index contributed by atoms with van der Waals surface area (Å²) >= 11 is 0. The van der Waals surface area contributed by atoms with Gasteiger partial charge in [-0.1, -0.05) is 12.1 Å². The van der Waals surface area contributed by atoms with Crippen LogP contribution >= 0.6 is 24.0 Å². The molecule has 2 aromatic rings. The molecule has 0 saturated carbocycles. The summed E-state index contributed by atoms with van der Waals surface area (Å²) in [7, 11) is 6.78. The van der Waals surface area contributed by atoms with E-state index in [-0.39, 0.29) is 29.4 Å². The molecule has 2 aromatic carbocycles. The SMILES string of the molecule is CN=C(NCc1ccc(OC)cc1OC)NCC1(c2ccc(OC)cc2)CCOCC1.I. The van der Waals surface area contributed by atoms with Crippen molar-refractivity contribution < 1.29 is 18.9 Å². The van der Waals surface area contributed by atoms with Crippen molar-refractivity contribution in [2.24, 2.45) is 4.99 Å². The highest BCUT2D eigenvalue weighted by Gasteiger charge is 2.34. The van der Waals surface area contributed by atoms with Crippen molar-refractivity contribution in [3.05, 3.63) is 53.6 Å². The molecule has 1 heterocycles. The van der Waals surface area contributed by atoms with Crippen molar-refractivity contribution in [1.29, 1.82) is 0 Å². The summed E-state index contributed by atoms with van der Waals surface area (Å²) in [5, 5.41) is 6.92. The van der Waals surface area contributed by atoms with E-state index in [4.69, 9.17) is 18.9 Å². The van der Waals surface area contributed by atoms with Crippen LogP contribution in [0, 0.1) is 0 Å². The minimum atomic E-state index is -0.0139. The minimum Gasteiger partial charge on any atom is -0.497 e. The van der Waals surface area contributed by atoms with E-state index < -0.39 is 0 Å². The molecule has 0 aliphatic carbocycles. The van der Waals surface area contributed by atoms with Gasteiger partial charge in [-0.3, -0.25) is 4.99 Å². The van der Waals surface area contributed by atoms with Gasteiger partial charge < -0.3 is 29.6 Å². The van der Waals surface area contributed by atoms with Gasteiger partial charge in [0.05, 0.1) is 21.3 Å². The highest BCUT2D eigenvalue weighted by atomic mass is 127. The maximum atomic E-state index is 5.65. The van der Waals surface area contributed by atoms with E-state index in [9.17, 15) is 0 Å². The third kappa shape index (κ3) is 6.41. The highest BCUT2D eigenvalue weighted by Crippen LogP contribution is 2.35. The molecule has 0 atom stereocenters. The van der Waals surface area contributed by atoms with Gasteiger partial charge >= 0.3 is 0 Å². The lowest BCUT2D eigenvalue weighted by atomic mass is 9.74. The molecule has 1 aliphatic rings. The van der Waals surface area contributed by atoms with Crippen molar-refractivity contribution >= 4 is 29.9 Å². The standard InChI is InChI=1S/C24H33N3O4.HI/c1-25-23(26-16-18-5-8-21(29-3)15-22(18)30-4)27-17-24(11-13-31-14-12-24)19-6-9-20(28-2)10-7-19;/h5-10,15H,11-14,16-17H2,1-4H3,(H2,25,26,27);1H. The fourth-order valence-electron chi connectivity index (χ4n) is 3.92. The molecule has 1 saturated heterocycles. The number of hydrogen-bond donors (Lipinski definition) is 2. The Balaban J connectivity index is 0.00000363. The quantitative estimate of drug-likeness (QED) is 0.294. The first-order valence-corrected chi connectivity index (χ1v) is 10.5. The Kier molecular flexibility index (Phi) is 10.4. The van der Waals surface area contributed by atoms with Gasteiger partial charge in [0.2, 0.25) is 0 Å². The number of guanidine groups is 1. The van der Waals surface area contributed by atoms with Crippen LogP contribution in [0.4, 0.5) is 0 Å². The molecule has 0 spiro atoms. The smallest absolute Gasteiger partial charge is 0.191 e. The summed E-state index contributed by atoms with van der Waals surface area (Å²) in [4.78, 5) is 4.41. The van der Waals surface area contributed by atoms with Gasteiger partial charge in [0.1, 0.15) is 17.2 Å². The Morgan fingerprint density at radius 2 is 1.59 bits per heavy atom. The Hall–Kier alpha value is -2.20. The summed E-state index contributed by atoms with van der Waals surface area (Å²) in [6, 6.07) is 14.2. The van der Waals surface area contributed by atoms with Gasteiger partial charge in [0.25, 0.3) is 0 Å². The number of benzene rings is 2. The molecule has 2 N–H and O–H groups in total. The lowest BCUT2D eigenvalue weighted by Crippen LogP contribution is -2.47. The van der Waals surface area contributed by atoms with Gasteiger partial charge in [-0.15, -0.1) is 24.0 Å². The van der Waals surface area contributed by atoms with Crippen LogP contribution in [0.5, 0.6) is 17.2 Å². The molecule has 176 valence electrons. The number of aliphatic imine (C=N–C) groups is 1. The minimum absolute atomic E-state index is 0. The third-order valence-electron chi connectivity index (χ3n) is 5.91. The van der Waals surface area contributed by atoms with E-state index in [2.05, 4.69) is 27.8 Å². The first-order chi connectivity index (χ1) is 15.1. The zero-order valence-corrected chi connectivity index (χ0v) is 21.6. The first kappa shape index (κ1) is 26.1. The zero-order chi connectivity index (χ0) is 22.1. The lowest BCUT2D eigenvalue weighted by Gasteiger charge is -2.38. The van der Waals surface area contributed by atoms with E-state index in [1.807, 2.05) is 30.3 Å². The van der Waals surface area contributed by atoms with Crippen molar-refractivity contribution in [1.82, 2.24) is 10.6 Å². The monoisotopic (exact) mass is 555 g/mol. The molecule has 1 fully saturated rings. The van der Waals surface area contributed by atoms with Crippen LogP contribution in [-0.4, -0.2) is 54.1 Å². The van der Waals surface area contributed by atoms with E-state index in [1.165, 1.54) is 5.56 Å². The van der Waals surface area contributed by atoms with Gasteiger partial charge in [-0.05, 0) is 42.7 Å². The number of hydrogen-bond acceptors (Lipinski definition) is 5. The van der Waals surface area contributed by atoms with E-state index in [0.717, 1.165) is 61.4 Å². The van der Waals surface area contributed by atoms with Gasteiger partial charge in [-0.25, -0.2) is 0 Å². The number of rotatable bonds is 8. The average molecular weight is 555 g/mol. The predicted molar refractivity (Wildman–Crippen MR) is 138 cm³/mol. The zero-order valence-electron chi connectivity index (χ0n) is 19.3. The van der Waals surface area contributed by atoms with Crippen molar-refractivity contribution in [3.8, 4) is 17.2 Å². The fraction of sp³-hybridized carbons (Fsp3) is 0.458.